The van der Waals surface area contributed by atoms with E-state index in [-0.39, 0.29) is 6.67 Å². The van der Waals surface area contributed by atoms with Gasteiger partial charge in [-0.15, -0.1) is 0 Å². The molecule has 1 aromatic rings. The van der Waals surface area contributed by atoms with Crippen LogP contribution in [0.4, 0.5) is 10.1 Å². The van der Waals surface area contributed by atoms with Crippen LogP contribution in [0.2, 0.25) is 0 Å². The zero-order valence-electron chi connectivity index (χ0n) is 8.02. The van der Waals surface area contributed by atoms with Crippen LogP contribution in [0.1, 0.15) is 6.42 Å². The molecular formula is C10H13BrFNO. The number of anilines is 1. The van der Waals surface area contributed by atoms with E-state index in [9.17, 15) is 4.39 Å². The minimum atomic E-state index is -0.297. The van der Waals surface area contributed by atoms with Gasteiger partial charge in [-0.25, -0.2) is 0 Å². The number of hydrogen-bond acceptors (Lipinski definition) is 2. The second kappa shape index (κ2) is 5.86. The number of ether oxygens (including phenoxy) is 1. The van der Waals surface area contributed by atoms with Crippen LogP contribution in [-0.2, 0) is 0 Å². The molecule has 0 aromatic heterocycles. The quantitative estimate of drug-likeness (QED) is 0.822. The zero-order valence-corrected chi connectivity index (χ0v) is 9.60. The lowest BCUT2D eigenvalue weighted by molar-refractivity contribution is 0.415. The highest BCUT2D eigenvalue weighted by Gasteiger charge is 2.00. The van der Waals surface area contributed by atoms with Gasteiger partial charge in [-0.2, -0.15) is 0 Å². The number of benzene rings is 1. The van der Waals surface area contributed by atoms with Crippen molar-refractivity contribution in [2.75, 3.05) is 25.6 Å². The van der Waals surface area contributed by atoms with Crippen LogP contribution >= 0.6 is 15.9 Å². The second-order valence-electron chi connectivity index (χ2n) is 2.82. The van der Waals surface area contributed by atoms with Gasteiger partial charge in [-0.1, -0.05) is 0 Å². The van der Waals surface area contributed by atoms with Crippen molar-refractivity contribution in [1.29, 1.82) is 0 Å². The van der Waals surface area contributed by atoms with Crippen molar-refractivity contribution in [2.45, 2.75) is 6.42 Å². The number of hydrogen-bond donors (Lipinski definition) is 1. The molecule has 1 aromatic carbocycles. The molecular weight excluding hydrogens is 249 g/mol. The van der Waals surface area contributed by atoms with E-state index in [1.165, 1.54) is 0 Å². The van der Waals surface area contributed by atoms with Crippen molar-refractivity contribution in [3.8, 4) is 5.75 Å². The van der Waals surface area contributed by atoms with Crippen molar-refractivity contribution in [1.82, 2.24) is 0 Å². The van der Waals surface area contributed by atoms with Crippen LogP contribution in [0, 0.1) is 0 Å². The Kier molecular flexibility index (Phi) is 4.73. The Labute approximate surface area is 91.6 Å². The third kappa shape index (κ3) is 3.18. The summed E-state index contributed by atoms with van der Waals surface area (Å²) < 4.78 is 17.9. The number of methoxy groups -OCH3 is 1. The van der Waals surface area contributed by atoms with Crippen molar-refractivity contribution in [3.05, 3.63) is 22.7 Å². The third-order valence-corrected chi connectivity index (χ3v) is 2.49. The predicted octanol–water partition coefficient (Wildman–Crippen LogP) is 3.23. The molecule has 78 valence electrons. The fourth-order valence-corrected chi connectivity index (χ4v) is 1.44. The van der Waals surface area contributed by atoms with Gasteiger partial charge < -0.3 is 10.1 Å². The lowest BCUT2D eigenvalue weighted by atomic mass is 10.3. The Hall–Kier alpha value is -0.770. The van der Waals surface area contributed by atoms with Gasteiger partial charge in [0.15, 0.2) is 0 Å². The first-order valence-corrected chi connectivity index (χ1v) is 5.20. The van der Waals surface area contributed by atoms with E-state index < -0.39 is 0 Å². The maximum Gasteiger partial charge on any atom is 0.121 e. The van der Waals surface area contributed by atoms with Crippen LogP contribution in [-0.4, -0.2) is 20.3 Å². The fraction of sp³-hybridized carbons (Fsp3) is 0.400. The van der Waals surface area contributed by atoms with Crippen molar-refractivity contribution in [3.63, 3.8) is 0 Å². The van der Waals surface area contributed by atoms with Gasteiger partial charge in [0, 0.05) is 17.1 Å². The van der Waals surface area contributed by atoms with Gasteiger partial charge in [0.1, 0.15) is 5.75 Å². The fourth-order valence-electron chi connectivity index (χ4n) is 1.06. The first-order chi connectivity index (χ1) is 6.77. The van der Waals surface area contributed by atoms with E-state index in [0.29, 0.717) is 13.0 Å². The molecule has 0 spiro atoms. The van der Waals surface area contributed by atoms with E-state index in [4.69, 9.17) is 4.74 Å². The van der Waals surface area contributed by atoms with Gasteiger partial charge in [0.05, 0.1) is 19.5 Å². The second-order valence-corrected chi connectivity index (χ2v) is 3.67. The Morgan fingerprint density at radius 1 is 1.50 bits per heavy atom. The molecule has 0 amide bonds. The Morgan fingerprint density at radius 2 is 2.29 bits per heavy atom. The summed E-state index contributed by atoms with van der Waals surface area (Å²) >= 11 is 3.40. The lowest BCUT2D eigenvalue weighted by Crippen LogP contribution is -2.02. The smallest absolute Gasteiger partial charge is 0.121 e. The summed E-state index contributed by atoms with van der Waals surface area (Å²) in [4.78, 5) is 0. The van der Waals surface area contributed by atoms with E-state index in [2.05, 4.69) is 21.2 Å². The van der Waals surface area contributed by atoms with Crippen molar-refractivity contribution in [2.24, 2.45) is 0 Å². The van der Waals surface area contributed by atoms with E-state index in [1.807, 2.05) is 18.2 Å². The highest BCUT2D eigenvalue weighted by atomic mass is 79.9. The highest BCUT2D eigenvalue weighted by Crippen LogP contribution is 2.26. The molecule has 1 rings (SSSR count). The number of alkyl halides is 1. The number of nitrogens with one attached hydrogen (secondary N) is 1. The van der Waals surface area contributed by atoms with Crippen molar-refractivity contribution < 1.29 is 9.13 Å². The average Bonchev–Trinajstić information content (AvgIpc) is 2.21. The third-order valence-electron chi connectivity index (χ3n) is 1.80. The van der Waals surface area contributed by atoms with E-state index in [0.717, 1.165) is 15.9 Å². The first-order valence-electron chi connectivity index (χ1n) is 4.41. The molecule has 2 nitrogen and oxygen atoms in total. The molecule has 4 heteroatoms. The minimum absolute atomic E-state index is 0.297. The summed E-state index contributed by atoms with van der Waals surface area (Å²) in [6.45, 7) is 0.330. The van der Waals surface area contributed by atoms with Crippen LogP contribution < -0.4 is 10.1 Å². The monoisotopic (exact) mass is 261 g/mol. The summed E-state index contributed by atoms with van der Waals surface area (Å²) in [5, 5.41) is 3.12. The largest absolute Gasteiger partial charge is 0.497 e. The topological polar surface area (TPSA) is 21.3 Å². The molecule has 0 aliphatic heterocycles. The molecule has 1 N–H and O–H groups in total. The SMILES string of the molecule is COc1ccc(Br)c(NCCCF)c1. The maximum atomic E-state index is 11.9. The summed E-state index contributed by atoms with van der Waals surface area (Å²) in [5.74, 6) is 0.788. The molecule has 0 fully saturated rings. The predicted molar refractivity (Wildman–Crippen MR) is 59.8 cm³/mol. The Morgan fingerprint density at radius 3 is 2.93 bits per heavy atom. The first kappa shape index (κ1) is 11.3. The van der Waals surface area contributed by atoms with Gasteiger partial charge >= 0.3 is 0 Å². The summed E-state index contributed by atoms with van der Waals surface area (Å²) in [7, 11) is 1.62. The molecule has 0 heterocycles. The molecule has 0 radical (unpaired) electrons. The lowest BCUT2D eigenvalue weighted by Gasteiger charge is -2.09. The van der Waals surface area contributed by atoms with Crippen LogP contribution in [0.15, 0.2) is 22.7 Å². The molecule has 0 aliphatic carbocycles. The normalized spacial score (nSPS) is 9.93. The molecule has 0 aliphatic rings. The minimum Gasteiger partial charge on any atom is -0.497 e. The molecule has 0 saturated heterocycles. The van der Waals surface area contributed by atoms with Crippen LogP contribution in [0.5, 0.6) is 5.75 Å². The van der Waals surface area contributed by atoms with Crippen LogP contribution in [0.3, 0.4) is 0 Å². The summed E-state index contributed by atoms with van der Waals surface area (Å²) in [5.41, 5.74) is 0.929. The van der Waals surface area contributed by atoms with Gasteiger partial charge in [-0.3, -0.25) is 4.39 Å². The van der Waals surface area contributed by atoms with Gasteiger partial charge in [-0.05, 0) is 34.5 Å². The molecule has 0 saturated carbocycles. The standard InChI is InChI=1S/C10H13BrFNO/c1-14-8-3-4-9(11)10(7-8)13-6-2-5-12/h3-4,7,13H,2,5-6H2,1H3. The molecule has 0 bridgehead atoms. The van der Waals surface area contributed by atoms with E-state index >= 15 is 0 Å². The average molecular weight is 262 g/mol. The summed E-state index contributed by atoms with van der Waals surface area (Å²) in [6.07, 6.45) is 0.518. The van der Waals surface area contributed by atoms with Crippen LogP contribution in [0.25, 0.3) is 0 Å². The van der Waals surface area contributed by atoms with Gasteiger partial charge in [0.25, 0.3) is 0 Å². The Balaban J connectivity index is 2.64. The number of rotatable bonds is 5. The highest BCUT2D eigenvalue weighted by molar-refractivity contribution is 9.10. The number of halogens is 2. The van der Waals surface area contributed by atoms with E-state index in [1.54, 1.807) is 7.11 Å². The maximum absolute atomic E-state index is 11.9. The summed E-state index contributed by atoms with van der Waals surface area (Å²) in [6, 6.07) is 5.64. The Bertz CT molecular complexity index is 293. The zero-order chi connectivity index (χ0) is 10.4. The van der Waals surface area contributed by atoms with Crippen molar-refractivity contribution >= 4 is 21.6 Å². The molecule has 0 unspecified atom stereocenters. The molecule has 0 atom stereocenters. The van der Waals surface area contributed by atoms with Gasteiger partial charge in [0.2, 0.25) is 0 Å². The molecule has 14 heavy (non-hydrogen) atoms.